The normalized spacial score (nSPS) is 12.9. The van der Waals surface area contributed by atoms with Crippen molar-refractivity contribution >= 4 is 22.9 Å². The third-order valence-corrected chi connectivity index (χ3v) is 4.33. The van der Waals surface area contributed by atoms with Crippen molar-refractivity contribution in [3.05, 3.63) is 57.2 Å². The van der Waals surface area contributed by atoms with Crippen molar-refractivity contribution in [2.24, 2.45) is 5.73 Å². The Balaban J connectivity index is 2.08. The van der Waals surface area contributed by atoms with Crippen LogP contribution in [0.25, 0.3) is 0 Å². The lowest BCUT2D eigenvalue weighted by molar-refractivity contribution is 0.245. The molecule has 0 aliphatic carbocycles. The second kappa shape index (κ2) is 6.34. The molecular formula is C14H17ClN2S. The minimum atomic E-state index is 0.225. The van der Waals surface area contributed by atoms with Gasteiger partial charge in [0.15, 0.2) is 0 Å². The summed E-state index contributed by atoms with van der Waals surface area (Å²) in [7, 11) is 2.10. The second-order valence-electron chi connectivity index (χ2n) is 4.32. The van der Waals surface area contributed by atoms with E-state index in [9.17, 15) is 0 Å². The van der Waals surface area contributed by atoms with Gasteiger partial charge in [0, 0.05) is 23.3 Å². The van der Waals surface area contributed by atoms with Gasteiger partial charge in [0.1, 0.15) is 0 Å². The lowest BCUT2D eigenvalue weighted by atomic mass is 10.1. The van der Waals surface area contributed by atoms with Crippen LogP contribution in [-0.4, -0.2) is 18.5 Å². The minimum Gasteiger partial charge on any atom is -0.329 e. The van der Waals surface area contributed by atoms with Gasteiger partial charge in [0.05, 0.1) is 11.1 Å². The molecule has 1 heterocycles. The highest BCUT2D eigenvalue weighted by atomic mass is 35.5. The summed E-state index contributed by atoms with van der Waals surface area (Å²) >= 11 is 7.64. The summed E-state index contributed by atoms with van der Waals surface area (Å²) in [6.45, 7) is 1.48. The van der Waals surface area contributed by atoms with Crippen molar-refractivity contribution in [2.75, 3.05) is 13.6 Å². The third-order valence-electron chi connectivity index (χ3n) is 2.95. The standard InChI is InChI=1S/C14H17ClN2S/c1-17(9-11-5-3-2-4-6-11)13(8-16)14-7-12(15)10-18-14/h2-7,10,13H,8-9,16H2,1H3. The Hall–Kier alpha value is -0.870. The maximum atomic E-state index is 5.98. The molecule has 1 aromatic heterocycles. The number of benzene rings is 1. The van der Waals surface area contributed by atoms with Crippen LogP contribution in [0.2, 0.25) is 5.02 Å². The molecule has 2 nitrogen and oxygen atoms in total. The summed E-state index contributed by atoms with van der Waals surface area (Å²) in [5.41, 5.74) is 7.18. The van der Waals surface area contributed by atoms with Gasteiger partial charge < -0.3 is 5.73 Å². The zero-order valence-corrected chi connectivity index (χ0v) is 11.9. The molecule has 4 heteroatoms. The number of hydrogen-bond donors (Lipinski definition) is 1. The first-order valence-corrected chi connectivity index (χ1v) is 7.14. The molecule has 1 aromatic carbocycles. The maximum absolute atomic E-state index is 5.98. The first kappa shape index (κ1) is 13.6. The van der Waals surface area contributed by atoms with Crippen molar-refractivity contribution in [3.63, 3.8) is 0 Å². The molecule has 18 heavy (non-hydrogen) atoms. The Morgan fingerprint density at radius 3 is 2.61 bits per heavy atom. The molecule has 2 N–H and O–H groups in total. The summed E-state index contributed by atoms with van der Waals surface area (Å²) in [6, 6.07) is 12.6. The van der Waals surface area contributed by atoms with E-state index in [-0.39, 0.29) is 6.04 Å². The first-order valence-electron chi connectivity index (χ1n) is 5.89. The number of likely N-dealkylation sites (N-methyl/N-ethyl adjacent to an activating group) is 1. The molecule has 0 fully saturated rings. The van der Waals surface area contributed by atoms with Crippen LogP contribution >= 0.6 is 22.9 Å². The molecule has 2 rings (SSSR count). The van der Waals surface area contributed by atoms with Gasteiger partial charge in [-0.25, -0.2) is 0 Å². The average Bonchev–Trinajstić information content (AvgIpc) is 2.78. The van der Waals surface area contributed by atoms with Gasteiger partial charge in [0.25, 0.3) is 0 Å². The van der Waals surface area contributed by atoms with E-state index in [0.29, 0.717) is 6.54 Å². The zero-order chi connectivity index (χ0) is 13.0. The van der Waals surface area contributed by atoms with Gasteiger partial charge in [-0.2, -0.15) is 0 Å². The summed E-state index contributed by atoms with van der Waals surface area (Å²) in [6.07, 6.45) is 0. The fourth-order valence-electron chi connectivity index (χ4n) is 2.00. The van der Waals surface area contributed by atoms with Crippen LogP contribution in [0.15, 0.2) is 41.8 Å². The number of halogens is 1. The molecule has 0 bridgehead atoms. The van der Waals surface area contributed by atoms with Crippen LogP contribution < -0.4 is 5.73 Å². The molecule has 0 saturated heterocycles. The summed E-state index contributed by atoms with van der Waals surface area (Å²) < 4.78 is 0. The molecule has 2 aromatic rings. The van der Waals surface area contributed by atoms with E-state index >= 15 is 0 Å². The predicted octanol–water partition coefficient (Wildman–Crippen LogP) is 3.53. The topological polar surface area (TPSA) is 29.3 Å². The van der Waals surface area contributed by atoms with E-state index in [0.717, 1.165) is 11.6 Å². The highest BCUT2D eigenvalue weighted by molar-refractivity contribution is 7.10. The van der Waals surface area contributed by atoms with E-state index in [1.807, 2.05) is 17.5 Å². The van der Waals surface area contributed by atoms with Crippen molar-refractivity contribution in [1.82, 2.24) is 4.90 Å². The highest BCUT2D eigenvalue weighted by Gasteiger charge is 2.17. The van der Waals surface area contributed by atoms with Crippen LogP contribution in [0.5, 0.6) is 0 Å². The number of rotatable bonds is 5. The third kappa shape index (κ3) is 3.33. The van der Waals surface area contributed by atoms with Crippen LogP contribution in [0, 0.1) is 0 Å². The van der Waals surface area contributed by atoms with Crippen LogP contribution in [0.3, 0.4) is 0 Å². The van der Waals surface area contributed by atoms with Crippen molar-refractivity contribution in [1.29, 1.82) is 0 Å². The van der Waals surface area contributed by atoms with Crippen LogP contribution in [0.1, 0.15) is 16.5 Å². The van der Waals surface area contributed by atoms with E-state index in [1.165, 1.54) is 10.4 Å². The maximum Gasteiger partial charge on any atom is 0.0565 e. The largest absolute Gasteiger partial charge is 0.329 e. The first-order chi connectivity index (χ1) is 8.70. The van der Waals surface area contributed by atoms with Gasteiger partial charge in [-0.05, 0) is 18.7 Å². The average molecular weight is 281 g/mol. The Morgan fingerprint density at radius 2 is 2.06 bits per heavy atom. The quantitative estimate of drug-likeness (QED) is 0.908. The zero-order valence-electron chi connectivity index (χ0n) is 10.3. The van der Waals surface area contributed by atoms with Crippen molar-refractivity contribution in [3.8, 4) is 0 Å². The number of hydrogen-bond acceptors (Lipinski definition) is 3. The fraction of sp³-hybridized carbons (Fsp3) is 0.286. The van der Waals surface area contributed by atoms with E-state index < -0.39 is 0 Å². The molecule has 0 amide bonds. The summed E-state index contributed by atoms with van der Waals surface area (Å²) in [5, 5.41) is 2.75. The van der Waals surface area contributed by atoms with Gasteiger partial charge in [0.2, 0.25) is 0 Å². The Kier molecular flexibility index (Phi) is 4.78. The lowest BCUT2D eigenvalue weighted by Crippen LogP contribution is -2.29. The van der Waals surface area contributed by atoms with E-state index in [1.54, 1.807) is 11.3 Å². The Labute approximate surface area is 117 Å². The molecule has 1 atom stereocenters. The Bertz CT molecular complexity index is 484. The molecule has 0 aliphatic heterocycles. The molecule has 1 unspecified atom stereocenters. The van der Waals surface area contributed by atoms with Crippen LogP contribution in [0.4, 0.5) is 0 Å². The minimum absolute atomic E-state index is 0.225. The lowest BCUT2D eigenvalue weighted by Gasteiger charge is -2.26. The molecule has 0 spiro atoms. The SMILES string of the molecule is CN(Cc1ccccc1)C(CN)c1cc(Cl)cs1. The van der Waals surface area contributed by atoms with Gasteiger partial charge in [-0.15, -0.1) is 11.3 Å². The Morgan fingerprint density at radius 1 is 1.33 bits per heavy atom. The monoisotopic (exact) mass is 280 g/mol. The molecule has 96 valence electrons. The molecule has 0 saturated carbocycles. The molecular weight excluding hydrogens is 264 g/mol. The highest BCUT2D eigenvalue weighted by Crippen LogP contribution is 2.28. The second-order valence-corrected chi connectivity index (χ2v) is 5.70. The van der Waals surface area contributed by atoms with Crippen LogP contribution in [-0.2, 0) is 6.54 Å². The summed E-state index contributed by atoms with van der Waals surface area (Å²) in [5.74, 6) is 0. The summed E-state index contributed by atoms with van der Waals surface area (Å²) in [4.78, 5) is 3.48. The van der Waals surface area contributed by atoms with Crippen molar-refractivity contribution < 1.29 is 0 Å². The smallest absolute Gasteiger partial charge is 0.0565 e. The molecule has 0 radical (unpaired) electrons. The molecule has 0 aliphatic rings. The number of nitrogens with two attached hydrogens (primary N) is 1. The fourth-order valence-corrected chi connectivity index (χ4v) is 3.26. The number of nitrogens with zero attached hydrogens (tertiary/aromatic N) is 1. The van der Waals surface area contributed by atoms with Crippen molar-refractivity contribution in [2.45, 2.75) is 12.6 Å². The van der Waals surface area contributed by atoms with Gasteiger partial charge in [-0.3, -0.25) is 4.90 Å². The van der Waals surface area contributed by atoms with E-state index in [4.69, 9.17) is 17.3 Å². The van der Waals surface area contributed by atoms with Gasteiger partial charge >= 0.3 is 0 Å². The van der Waals surface area contributed by atoms with E-state index in [2.05, 4.69) is 36.2 Å². The van der Waals surface area contributed by atoms with Gasteiger partial charge in [-0.1, -0.05) is 41.9 Å². The predicted molar refractivity (Wildman–Crippen MR) is 79.0 cm³/mol. The number of thiophene rings is 1.